The number of benzene rings is 2. The second-order valence-electron chi connectivity index (χ2n) is 14.9. The molecule has 3 aliphatic heterocycles. The Hall–Kier alpha value is -5.26. The summed E-state index contributed by atoms with van der Waals surface area (Å²) in [6, 6.07) is 17.3. The third-order valence-corrected chi connectivity index (χ3v) is 11.7. The third-order valence-electron chi connectivity index (χ3n) is 11.4. The largest absolute Gasteiger partial charge is 0.490 e. The number of nitriles is 1. The highest BCUT2D eigenvalue weighted by atomic mass is 35.5. The van der Waals surface area contributed by atoms with Gasteiger partial charge in [0.15, 0.2) is 11.5 Å². The standard InChI is InChI=1S/C40H46ClN9O5/c41-33-23-32(7-4-28(33)24-42)55-31-8-5-29(6-9-31)50(35-11-13-37(51)44-39(35)53)40(54)27-2-1-3-30(22-27)48-20-18-47(19-21-48)25-26-14-16-49(17-15-26)36-12-10-34(38(43)52)45-46-36/h1-4,7,10,12,22-23,26,29,31,35H,5-6,8-9,11,13-21,25H2,(H2,43,52)(H,44,51,53). The number of primary amides is 1. The summed E-state index contributed by atoms with van der Waals surface area (Å²) in [6.45, 7) is 6.31. The van der Waals surface area contributed by atoms with Crippen molar-refractivity contribution in [3.63, 3.8) is 0 Å². The summed E-state index contributed by atoms with van der Waals surface area (Å²) < 4.78 is 6.20. The maximum atomic E-state index is 14.4. The van der Waals surface area contributed by atoms with Crippen LogP contribution in [0.1, 0.15) is 77.8 Å². The lowest BCUT2D eigenvalue weighted by molar-refractivity contribution is -0.137. The highest BCUT2D eigenvalue weighted by Crippen LogP contribution is 2.33. The van der Waals surface area contributed by atoms with Crippen molar-refractivity contribution >= 4 is 46.7 Å². The van der Waals surface area contributed by atoms with Crippen LogP contribution in [0.5, 0.6) is 5.75 Å². The molecule has 1 aliphatic carbocycles. The van der Waals surface area contributed by atoms with Crippen LogP contribution < -0.4 is 25.6 Å². The quantitative estimate of drug-likeness (QED) is 0.287. The van der Waals surface area contributed by atoms with Gasteiger partial charge in [0.25, 0.3) is 11.8 Å². The van der Waals surface area contributed by atoms with Gasteiger partial charge in [-0.1, -0.05) is 17.7 Å². The van der Waals surface area contributed by atoms with Gasteiger partial charge >= 0.3 is 0 Å². The molecule has 288 valence electrons. The van der Waals surface area contributed by atoms with Gasteiger partial charge in [0, 0.05) is 75.6 Å². The van der Waals surface area contributed by atoms with Crippen LogP contribution in [0, 0.1) is 17.2 Å². The van der Waals surface area contributed by atoms with Gasteiger partial charge in [-0.25, -0.2) is 0 Å². The molecule has 4 aliphatic rings. The van der Waals surface area contributed by atoms with E-state index in [1.165, 1.54) is 0 Å². The zero-order valence-corrected chi connectivity index (χ0v) is 31.5. The normalized spacial score (nSPS) is 22.4. The van der Waals surface area contributed by atoms with Crippen molar-refractivity contribution in [3.8, 4) is 11.8 Å². The fourth-order valence-electron chi connectivity index (χ4n) is 8.31. The summed E-state index contributed by atoms with van der Waals surface area (Å²) in [7, 11) is 0. The van der Waals surface area contributed by atoms with Crippen molar-refractivity contribution in [2.75, 3.05) is 55.6 Å². The lowest BCUT2D eigenvalue weighted by Gasteiger charge is -2.42. The number of anilines is 2. The Bertz CT molecular complexity index is 1930. The molecule has 1 saturated carbocycles. The molecule has 4 fully saturated rings. The number of rotatable bonds is 10. The van der Waals surface area contributed by atoms with Crippen LogP contribution in [-0.4, -0.2) is 108 Å². The van der Waals surface area contributed by atoms with E-state index in [4.69, 9.17) is 22.1 Å². The van der Waals surface area contributed by atoms with E-state index in [-0.39, 0.29) is 42.5 Å². The predicted molar refractivity (Wildman–Crippen MR) is 206 cm³/mol. The van der Waals surface area contributed by atoms with E-state index in [0.29, 0.717) is 53.5 Å². The van der Waals surface area contributed by atoms with Gasteiger partial charge in [0.1, 0.15) is 17.9 Å². The first-order valence-corrected chi connectivity index (χ1v) is 19.5. The van der Waals surface area contributed by atoms with Gasteiger partial charge in [0.2, 0.25) is 11.8 Å². The van der Waals surface area contributed by atoms with E-state index < -0.39 is 17.9 Å². The monoisotopic (exact) mass is 767 g/mol. The minimum atomic E-state index is -0.737. The molecule has 0 spiro atoms. The van der Waals surface area contributed by atoms with Crippen molar-refractivity contribution in [2.45, 2.75) is 69.6 Å². The zero-order chi connectivity index (χ0) is 38.5. The summed E-state index contributed by atoms with van der Waals surface area (Å²) in [6.07, 6.45) is 5.08. The van der Waals surface area contributed by atoms with E-state index in [2.05, 4.69) is 36.3 Å². The fourth-order valence-corrected chi connectivity index (χ4v) is 8.52. The third kappa shape index (κ3) is 9.01. The Morgan fingerprint density at radius 3 is 2.33 bits per heavy atom. The Labute approximate surface area is 325 Å². The van der Waals surface area contributed by atoms with E-state index in [0.717, 1.165) is 70.2 Å². The number of nitrogens with one attached hydrogen (secondary N) is 1. The molecular weight excluding hydrogens is 722 g/mol. The molecule has 14 nitrogen and oxygen atoms in total. The van der Waals surface area contributed by atoms with Gasteiger partial charge in [-0.2, -0.15) is 5.26 Å². The van der Waals surface area contributed by atoms with Gasteiger partial charge in [-0.05, 0) is 93.3 Å². The number of halogens is 1. The molecule has 1 unspecified atom stereocenters. The summed E-state index contributed by atoms with van der Waals surface area (Å²) in [5.41, 5.74) is 7.35. The van der Waals surface area contributed by atoms with Crippen LogP contribution in [0.3, 0.4) is 0 Å². The number of carbonyl (C=O) groups excluding carboxylic acids is 4. The number of hydrogen-bond donors (Lipinski definition) is 2. The van der Waals surface area contributed by atoms with Crippen LogP contribution in [0.4, 0.5) is 11.5 Å². The zero-order valence-electron chi connectivity index (χ0n) is 30.7. The Morgan fingerprint density at radius 1 is 0.909 bits per heavy atom. The van der Waals surface area contributed by atoms with Crippen LogP contribution in [0.15, 0.2) is 54.6 Å². The minimum absolute atomic E-state index is 0.0997. The van der Waals surface area contributed by atoms with Crippen LogP contribution in [0.25, 0.3) is 0 Å². The molecule has 4 amide bonds. The molecule has 55 heavy (non-hydrogen) atoms. The minimum Gasteiger partial charge on any atom is -0.490 e. The molecule has 3 N–H and O–H groups in total. The molecule has 15 heteroatoms. The SMILES string of the molecule is N#Cc1ccc(OC2CCC(N(C(=O)c3cccc(N4CCN(CC5CCN(c6ccc(C(N)=O)nn6)CC5)CC4)c3)C3CCC(=O)NC3=O)CC2)cc1Cl. The van der Waals surface area contributed by atoms with E-state index in [9.17, 15) is 24.4 Å². The molecule has 3 saturated heterocycles. The maximum absolute atomic E-state index is 14.4. The van der Waals surface area contributed by atoms with Crippen LogP contribution in [-0.2, 0) is 9.59 Å². The van der Waals surface area contributed by atoms with Crippen LogP contribution in [0.2, 0.25) is 5.02 Å². The highest BCUT2D eigenvalue weighted by molar-refractivity contribution is 6.31. The molecule has 2 aromatic carbocycles. The van der Waals surface area contributed by atoms with Crippen molar-refractivity contribution in [3.05, 3.63) is 76.4 Å². The number of piperazine rings is 1. The van der Waals surface area contributed by atoms with Gasteiger partial charge in [-0.3, -0.25) is 29.4 Å². The van der Waals surface area contributed by atoms with E-state index in [1.807, 2.05) is 24.3 Å². The first-order valence-electron chi connectivity index (χ1n) is 19.1. The van der Waals surface area contributed by atoms with E-state index in [1.54, 1.807) is 35.2 Å². The second-order valence-corrected chi connectivity index (χ2v) is 15.3. The number of ether oxygens (including phenoxy) is 1. The average Bonchev–Trinajstić information content (AvgIpc) is 3.20. The van der Waals surface area contributed by atoms with Gasteiger partial charge < -0.3 is 25.2 Å². The number of nitrogens with zero attached hydrogens (tertiary/aromatic N) is 7. The topological polar surface area (TPSA) is 178 Å². The highest BCUT2D eigenvalue weighted by Gasteiger charge is 2.40. The summed E-state index contributed by atoms with van der Waals surface area (Å²) in [5, 5.41) is 20.1. The van der Waals surface area contributed by atoms with Crippen LogP contribution >= 0.6 is 11.6 Å². The Morgan fingerprint density at radius 2 is 1.67 bits per heavy atom. The fraction of sp³-hybridized carbons (Fsp3) is 0.475. The molecule has 3 aromatic rings. The number of nitrogens with two attached hydrogens (primary N) is 1. The second kappa shape index (κ2) is 17.0. The molecule has 4 heterocycles. The first-order chi connectivity index (χ1) is 26.6. The number of aromatic nitrogens is 2. The number of piperidine rings is 2. The Kier molecular flexibility index (Phi) is 11.8. The number of amides is 4. The average molecular weight is 768 g/mol. The maximum Gasteiger partial charge on any atom is 0.269 e. The molecule has 7 rings (SSSR count). The molecular formula is C40H46ClN9O5. The summed E-state index contributed by atoms with van der Waals surface area (Å²) >= 11 is 6.22. The molecule has 0 bridgehead atoms. The number of hydrogen-bond acceptors (Lipinski definition) is 11. The Balaban J connectivity index is 0.948. The molecule has 1 aromatic heterocycles. The van der Waals surface area contributed by atoms with Crippen molar-refractivity contribution in [1.82, 2.24) is 25.3 Å². The number of carbonyl (C=O) groups is 4. The lowest BCUT2D eigenvalue weighted by Crippen LogP contribution is -2.58. The van der Waals surface area contributed by atoms with E-state index >= 15 is 0 Å². The molecule has 0 radical (unpaired) electrons. The lowest BCUT2D eigenvalue weighted by atomic mass is 9.89. The summed E-state index contributed by atoms with van der Waals surface area (Å²) in [4.78, 5) is 59.8. The smallest absolute Gasteiger partial charge is 0.269 e. The van der Waals surface area contributed by atoms with Gasteiger partial charge in [0.05, 0.1) is 16.7 Å². The summed E-state index contributed by atoms with van der Waals surface area (Å²) in [5.74, 6) is 0.396. The van der Waals surface area contributed by atoms with Crippen molar-refractivity contribution in [2.24, 2.45) is 11.7 Å². The van der Waals surface area contributed by atoms with Crippen molar-refractivity contribution in [1.29, 1.82) is 5.26 Å². The van der Waals surface area contributed by atoms with Gasteiger partial charge in [-0.15, -0.1) is 10.2 Å². The molecule has 1 atom stereocenters. The number of imide groups is 1. The van der Waals surface area contributed by atoms with Crippen molar-refractivity contribution < 1.29 is 23.9 Å². The first kappa shape index (κ1) is 38.0. The predicted octanol–water partition coefficient (Wildman–Crippen LogP) is 3.78.